The van der Waals surface area contributed by atoms with Gasteiger partial charge in [-0.1, -0.05) is 0 Å². The largest absolute Gasteiger partial charge is 0.378 e. The van der Waals surface area contributed by atoms with Gasteiger partial charge in [0.15, 0.2) is 5.82 Å². The van der Waals surface area contributed by atoms with E-state index in [0.717, 1.165) is 13.1 Å². The highest BCUT2D eigenvalue weighted by molar-refractivity contribution is 6.05. The number of hydrogen-bond donors (Lipinski definition) is 1. The van der Waals surface area contributed by atoms with E-state index in [0.29, 0.717) is 36.2 Å². The average molecular weight is 345 g/mol. The highest BCUT2D eigenvalue weighted by atomic mass is 19.1. The molecule has 25 heavy (non-hydrogen) atoms. The summed E-state index contributed by atoms with van der Waals surface area (Å²) in [6, 6.07) is 5.37. The zero-order valence-corrected chi connectivity index (χ0v) is 14.2. The summed E-state index contributed by atoms with van der Waals surface area (Å²) in [6.07, 6.45) is 1.59. The van der Waals surface area contributed by atoms with Crippen molar-refractivity contribution in [3.8, 4) is 0 Å². The Morgan fingerprint density at radius 2 is 1.92 bits per heavy atom. The summed E-state index contributed by atoms with van der Waals surface area (Å²) in [5.41, 5.74) is 0.861. The third-order valence-corrected chi connectivity index (χ3v) is 3.83. The van der Waals surface area contributed by atoms with Gasteiger partial charge in [-0.3, -0.25) is 4.79 Å². The van der Waals surface area contributed by atoms with Crippen LogP contribution < -0.4 is 15.1 Å². The molecule has 1 aromatic carbocycles. The van der Waals surface area contributed by atoms with Gasteiger partial charge in [-0.2, -0.15) is 4.98 Å². The molecule has 3 rings (SSSR count). The lowest BCUT2D eigenvalue weighted by Crippen LogP contribution is -2.37. The number of halogens is 1. The first kappa shape index (κ1) is 17.1. The number of nitrogens with one attached hydrogen (secondary N) is 1. The van der Waals surface area contributed by atoms with Crippen molar-refractivity contribution in [1.82, 2.24) is 9.97 Å². The molecule has 0 radical (unpaired) electrons. The first-order valence-corrected chi connectivity index (χ1v) is 7.98. The molecule has 1 saturated heterocycles. The average Bonchev–Trinajstić information content (AvgIpc) is 2.63. The van der Waals surface area contributed by atoms with E-state index in [1.165, 1.54) is 24.3 Å². The minimum Gasteiger partial charge on any atom is -0.378 e. The van der Waals surface area contributed by atoms with Gasteiger partial charge in [0.1, 0.15) is 11.5 Å². The lowest BCUT2D eigenvalue weighted by atomic mass is 10.2. The Morgan fingerprint density at radius 3 is 2.56 bits per heavy atom. The molecule has 0 bridgehead atoms. The van der Waals surface area contributed by atoms with Crippen LogP contribution in [0.2, 0.25) is 0 Å². The Balaban J connectivity index is 1.82. The number of amides is 1. The summed E-state index contributed by atoms with van der Waals surface area (Å²) in [5, 5.41) is 2.79. The maximum absolute atomic E-state index is 13.0. The zero-order valence-electron chi connectivity index (χ0n) is 14.2. The molecular formula is C17H20FN5O2. The minimum absolute atomic E-state index is 0.342. The number of anilines is 3. The first-order valence-electron chi connectivity index (χ1n) is 7.98. The second-order valence-electron chi connectivity index (χ2n) is 5.86. The quantitative estimate of drug-likeness (QED) is 0.911. The predicted molar refractivity (Wildman–Crippen MR) is 93.7 cm³/mol. The fraction of sp³-hybridized carbons (Fsp3) is 0.353. The van der Waals surface area contributed by atoms with Crippen LogP contribution in [0.3, 0.4) is 0 Å². The molecule has 132 valence electrons. The SMILES string of the molecule is CN(C)c1nc(N2CCOCC2)ncc1NC(=O)c1ccc(F)cc1. The van der Waals surface area contributed by atoms with E-state index in [-0.39, 0.29) is 11.7 Å². The second-order valence-corrected chi connectivity index (χ2v) is 5.86. The second kappa shape index (κ2) is 7.43. The Morgan fingerprint density at radius 1 is 1.24 bits per heavy atom. The standard InChI is InChI=1S/C17H20FN5O2/c1-22(2)15-14(20-16(24)12-3-5-13(18)6-4-12)11-19-17(21-15)23-7-9-25-10-8-23/h3-6,11H,7-10H2,1-2H3,(H,20,24). The van der Waals surface area contributed by atoms with Gasteiger partial charge in [0.25, 0.3) is 5.91 Å². The molecule has 0 atom stereocenters. The minimum atomic E-state index is -0.385. The molecule has 1 aromatic heterocycles. The van der Waals surface area contributed by atoms with Gasteiger partial charge in [0.2, 0.25) is 5.95 Å². The summed E-state index contributed by atoms with van der Waals surface area (Å²) in [5.74, 6) is 0.480. The zero-order chi connectivity index (χ0) is 17.8. The van der Waals surface area contributed by atoms with Crippen molar-refractivity contribution in [2.75, 3.05) is 55.5 Å². The van der Waals surface area contributed by atoms with Crippen molar-refractivity contribution in [2.45, 2.75) is 0 Å². The fourth-order valence-corrected chi connectivity index (χ4v) is 2.50. The van der Waals surface area contributed by atoms with Crippen molar-refractivity contribution in [3.63, 3.8) is 0 Å². The third kappa shape index (κ3) is 4.03. The van der Waals surface area contributed by atoms with Crippen molar-refractivity contribution >= 4 is 23.4 Å². The van der Waals surface area contributed by atoms with Crippen LogP contribution in [-0.2, 0) is 4.74 Å². The number of morpholine rings is 1. The number of nitrogens with zero attached hydrogens (tertiary/aromatic N) is 4. The van der Waals surface area contributed by atoms with Crippen LogP contribution in [0.15, 0.2) is 30.5 Å². The number of hydrogen-bond acceptors (Lipinski definition) is 6. The summed E-state index contributed by atoms with van der Waals surface area (Å²) in [6.45, 7) is 2.75. The smallest absolute Gasteiger partial charge is 0.255 e. The molecule has 1 fully saturated rings. The van der Waals surface area contributed by atoms with Crippen molar-refractivity contribution < 1.29 is 13.9 Å². The van der Waals surface area contributed by atoms with E-state index in [9.17, 15) is 9.18 Å². The van der Waals surface area contributed by atoms with E-state index >= 15 is 0 Å². The Hall–Kier alpha value is -2.74. The van der Waals surface area contributed by atoms with Crippen LogP contribution in [0, 0.1) is 5.82 Å². The topological polar surface area (TPSA) is 70.6 Å². The van der Waals surface area contributed by atoms with E-state index in [2.05, 4.69) is 15.3 Å². The summed E-state index contributed by atoms with van der Waals surface area (Å²) in [4.78, 5) is 25.1. The van der Waals surface area contributed by atoms with Crippen molar-refractivity contribution in [3.05, 3.63) is 41.8 Å². The van der Waals surface area contributed by atoms with E-state index in [4.69, 9.17) is 4.74 Å². The lowest BCUT2D eigenvalue weighted by Gasteiger charge is -2.28. The van der Waals surface area contributed by atoms with Crippen LogP contribution in [0.4, 0.5) is 21.8 Å². The molecule has 1 aliphatic heterocycles. The summed E-state index contributed by atoms with van der Waals surface area (Å²) in [7, 11) is 3.69. The number of rotatable bonds is 4. The molecule has 0 unspecified atom stereocenters. The fourth-order valence-electron chi connectivity index (χ4n) is 2.50. The van der Waals surface area contributed by atoms with Crippen LogP contribution in [0.1, 0.15) is 10.4 Å². The molecule has 0 aliphatic carbocycles. The third-order valence-electron chi connectivity index (χ3n) is 3.83. The van der Waals surface area contributed by atoms with E-state index in [1.807, 2.05) is 23.9 Å². The number of carbonyl (C=O) groups excluding carboxylic acids is 1. The van der Waals surface area contributed by atoms with Gasteiger partial charge in [0.05, 0.1) is 19.4 Å². The Labute approximate surface area is 145 Å². The molecular weight excluding hydrogens is 325 g/mol. The molecule has 1 amide bonds. The highest BCUT2D eigenvalue weighted by Crippen LogP contribution is 2.24. The first-order chi connectivity index (χ1) is 12.0. The molecule has 8 heteroatoms. The molecule has 0 saturated carbocycles. The van der Waals surface area contributed by atoms with Gasteiger partial charge < -0.3 is 19.9 Å². The number of aromatic nitrogens is 2. The summed E-state index contributed by atoms with van der Waals surface area (Å²) < 4.78 is 18.3. The van der Waals surface area contributed by atoms with Gasteiger partial charge in [0, 0.05) is 32.7 Å². The maximum atomic E-state index is 13.0. The van der Waals surface area contributed by atoms with Crippen LogP contribution in [0.5, 0.6) is 0 Å². The lowest BCUT2D eigenvalue weighted by molar-refractivity contribution is 0.102. The number of benzene rings is 1. The Bertz CT molecular complexity index is 745. The molecule has 0 spiro atoms. The van der Waals surface area contributed by atoms with Crippen LogP contribution in [0.25, 0.3) is 0 Å². The summed E-state index contributed by atoms with van der Waals surface area (Å²) >= 11 is 0. The van der Waals surface area contributed by atoms with E-state index in [1.54, 1.807) is 6.20 Å². The maximum Gasteiger partial charge on any atom is 0.255 e. The number of carbonyl (C=O) groups is 1. The molecule has 1 N–H and O–H groups in total. The van der Waals surface area contributed by atoms with Crippen molar-refractivity contribution in [1.29, 1.82) is 0 Å². The normalized spacial score (nSPS) is 14.3. The van der Waals surface area contributed by atoms with E-state index < -0.39 is 0 Å². The molecule has 2 aromatic rings. The van der Waals surface area contributed by atoms with Gasteiger partial charge >= 0.3 is 0 Å². The monoisotopic (exact) mass is 345 g/mol. The highest BCUT2D eigenvalue weighted by Gasteiger charge is 2.18. The van der Waals surface area contributed by atoms with Gasteiger partial charge in [-0.05, 0) is 24.3 Å². The van der Waals surface area contributed by atoms with Crippen LogP contribution in [-0.4, -0.2) is 56.3 Å². The molecule has 7 nitrogen and oxygen atoms in total. The predicted octanol–water partition coefficient (Wildman–Crippen LogP) is 1.77. The molecule has 2 heterocycles. The van der Waals surface area contributed by atoms with Crippen molar-refractivity contribution in [2.24, 2.45) is 0 Å². The molecule has 1 aliphatic rings. The Kier molecular flexibility index (Phi) is 5.08. The van der Waals surface area contributed by atoms with Gasteiger partial charge in [-0.25, -0.2) is 9.37 Å². The van der Waals surface area contributed by atoms with Crippen LogP contribution >= 0.6 is 0 Å². The van der Waals surface area contributed by atoms with Gasteiger partial charge in [-0.15, -0.1) is 0 Å². The number of ether oxygens (including phenoxy) is 1.